The number of esters is 2. The quantitative estimate of drug-likeness (QED) is 0.0211. The van der Waals surface area contributed by atoms with Gasteiger partial charge in [-0.2, -0.15) is 0 Å². The van der Waals surface area contributed by atoms with E-state index in [-0.39, 0.29) is 32.0 Å². The topological polar surface area (TPSA) is 108 Å². The van der Waals surface area contributed by atoms with Gasteiger partial charge < -0.3 is 18.9 Å². The van der Waals surface area contributed by atoms with Crippen LogP contribution in [0.3, 0.4) is 0 Å². The minimum Gasteiger partial charge on any atom is -0.462 e. The molecule has 2 atom stereocenters. The first kappa shape index (κ1) is 80.7. The number of ether oxygens (including phenoxy) is 2. The zero-order valence-corrected chi connectivity index (χ0v) is 56.0. The molecule has 0 radical (unpaired) electrons. The molecule has 0 bridgehead atoms. The first-order valence-electron chi connectivity index (χ1n) is 34.6. The third-order valence-corrected chi connectivity index (χ3v) is 15.8. The highest BCUT2D eigenvalue weighted by molar-refractivity contribution is 7.47. The molecule has 484 valence electrons. The van der Waals surface area contributed by atoms with Crippen molar-refractivity contribution in [3.05, 3.63) is 109 Å². The first-order chi connectivity index (χ1) is 41.0. The van der Waals surface area contributed by atoms with E-state index in [1.165, 1.54) is 180 Å². The smallest absolute Gasteiger partial charge is 0.462 e. The lowest BCUT2D eigenvalue weighted by molar-refractivity contribution is -0.870. The summed E-state index contributed by atoms with van der Waals surface area (Å²) in [7, 11) is 1.44. The normalized spacial score (nSPS) is 13.8. The van der Waals surface area contributed by atoms with Crippen molar-refractivity contribution in [2.45, 2.75) is 302 Å². The van der Waals surface area contributed by atoms with Gasteiger partial charge >= 0.3 is 19.8 Å². The number of allylic oxidation sites excluding steroid dienone is 18. The molecule has 0 aromatic rings. The van der Waals surface area contributed by atoms with Crippen molar-refractivity contribution in [1.82, 2.24) is 0 Å². The third-order valence-electron chi connectivity index (χ3n) is 14.8. The molecule has 0 aromatic heterocycles. The molecule has 0 aromatic carbocycles. The van der Waals surface area contributed by atoms with Gasteiger partial charge in [-0.3, -0.25) is 18.6 Å². The van der Waals surface area contributed by atoms with Crippen LogP contribution < -0.4 is 0 Å². The number of phosphoric acid groups is 1. The van der Waals surface area contributed by atoms with Gasteiger partial charge in [-0.15, -0.1) is 0 Å². The van der Waals surface area contributed by atoms with E-state index in [2.05, 4.69) is 123 Å². The Labute approximate surface area is 518 Å². The van der Waals surface area contributed by atoms with Crippen LogP contribution in [0.1, 0.15) is 296 Å². The molecule has 0 heterocycles. The first-order valence-corrected chi connectivity index (χ1v) is 36.1. The van der Waals surface area contributed by atoms with Crippen LogP contribution >= 0.6 is 7.82 Å². The fraction of sp³-hybridized carbons (Fsp3) is 0.730. The zero-order chi connectivity index (χ0) is 61.2. The van der Waals surface area contributed by atoms with Gasteiger partial charge in [0.25, 0.3) is 0 Å². The van der Waals surface area contributed by atoms with Crippen molar-refractivity contribution in [3.63, 3.8) is 0 Å². The SMILES string of the molecule is CC/C=C\C/C=C\C/C=C\C/C=C\C/C=C\C/C=C\CCCCC(=O)OC(COC(=O)CCCCCCCCCCCCCCCCCCCCCCCCCC/C=C\C/C=C\C/C=C\CCCCCCC)COP(=O)(O)OCC[N+](C)(C)C. The molecular weight excluding hydrogens is 1060 g/mol. The Morgan fingerprint density at radius 3 is 1.04 bits per heavy atom. The van der Waals surface area contributed by atoms with Crippen LogP contribution in [0.2, 0.25) is 0 Å². The summed E-state index contributed by atoms with van der Waals surface area (Å²) in [5, 5.41) is 0. The molecule has 0 aliphatic carbocycles. The molecule has 0 saturated heterocycles. The van der Waals surface area contributed by atoms with Crippen LogP contribution in [0, 0.1) is 0 Å². The summed E-state index contributed by atoms with van der Waals surface area (Å²) < 4.78 is 34.6. The van der Waals surface area contributed by atoms with Crippen LogP contribution in [0.4, 0.5) is 0 Å². The minimum absolute atomic E-state index is 0.0192. The van der Waals surface area contributed by atoms with Gasteiger partial charge in [0, 0.05) is 12.8 Å². The third kappa shape index (κ3) is 67.8. The average molecular weight is 1190 g/mol. The maximum absolute atomic E-state index is 12.8. The number of hydrogen-bond donors (Lipinski definition) is 1. The number of unbranched alkanes of at least 4 members (excludes halogenated alkanes) is 31. The van der Waals surface area contributed by atoms with Crippen LogP contribution in [0.15, 0.2) is 109 Å². The summed E-state index contributed by atoms with van der Waals surface area (Å²) in [6, 6.07) is 0. The van der Waals surface area contributed by atoms with E-state index in [4.69, 9.17) is 18.5 Å². The van der Waals surface area contributed by atoms with Gasteiger partial charge in [-0.25, -0.2) is 4.57 Å². The van der Waals surface area contributed by atoms with Crippen molar-refractivity contribution in [2.75, 3.05) is 47.5 Å². The fourth-order valence-corrected chi connectivity index (χ4v) is 10.2. The highest BCUT2D eigenvalue weighted by Crippen LogP contribution is 2.43. The molecule has 0 rings (SSSR count). The second-order valence-electron chi connectivity index (χ2n) is 24.2. The standard InChI is InChI=1S/C74H130NO8P/c1-6-8-10-12-14-16-18-20-22-24-26-28-29-30-31-32-33-34-35-36-37-38-39-40-41-42-43-44-45-47-48-50-52-54-56-58-60-62-64-66-73(76)80-70-72(71-82-84(78,79)81-69-68-75(3,4)5)83-74(77)67-65-63-61-59-57-55-53-51-49-46-27-25-23-21-19-17-15-13-11-9-7-2/h9,11,15,17-18,20-21,23-24,26-27,29-30,46,51,53,57,59,72H,6-8,10,12-14,16,19,22,25,28,31-45,47-50,52,54-56,58,60-71H2,1-5H3/p+1/b11-9-,17-15-,20-18-,23-21-,26-24-,30-29-,46-27-,53-51-,59-57-. The molecule has 84 heavy (non-hydrogen) atoms. The predicted molar refractivity (Wildman–Crippen MR) is 362 cm³/mol. The summed E-state index contributed by atoms with van der Waals surface area (Å²) in [6.45, 7) is 4.27. The Morgan fingerprint density at radius 1 is 0.381 bits per heavy atom. The van der Waals surface area contributed by atoms with E-state index < -0.39 is 26.5 Å². The number of carbonyl (C=O) groups excluding carboxylic acids is 2. The Bertz CT molecular complexity index is 1790. The lowest BCUT2D eigenvalue weighted by Crippen LogP contribution is -2.37. The second kappa shape index (κ2) is 64.2. The number of quaternary nitrogens is 1. The van der Waals surface area contributed by atoms with Gasteiger partial charge in [-0.05, 0) is 103 Å². The minimum atomic E-state index is -4.41. The molecular formula is C74H131NO8P+. The van der Waals surface area contributed by atoms with Gasteiger partial charge in [0.1, 0.15) is 19.8 Å². The van der Waals surface area contributed by atoms with Gasteiger partial charge in [0.2, 0.25) is 0 Å². The van der Waals surface area contributed by atoms with E-state index in [1.807, 2.05) is 21.1 Å². The molecule has 1 N–H and O–H groups in total. The second-order valence-corrected chi connectivity index (χ2v) is 25.6. The van der Waals surface area contributed by atoms with E-state index in [1.54, 1.807) is 0 Å². The Balaban J connectivity index is 4.00. The van der Waals surface area contributed by atoms with Crippen LogP contribution in [0.5, 0.6) is 0 Å². The summed E-state index contributed by atoms with van der Waals surface area (Å²) in [4.78, 5) is 35.8. The van der Waals surface area contributed by atoms with Crippen LogP contribution in [0.25, 0.3) is 0 Å². The monoisotopic (exact) mass is 1190 g/mol. The van der Waals surface area contributed by atoms with Crippen molar-refractivity contribution in [3.8, 4) is 0 Å². The van der Waals surface area contributed by atoms with Crippen LogP contribution in [-0.2, 0) is 32.7 Å². The van der Waals surface area contributed by atoms with Crippen molar-refractivity contribution in [1.29, 1.82) is 0 Å². The summed E-state index contributed by atoms with van der Waals surface area (Å²) in [5.41, 5.74) is 0. The summed E-state index contributed by atoms with van der Waals surface area (Å²) in [5.74, 6) is -0.845. The number of likely N-dealkylation sites (N-methyl/N-ethyl adjacent to an activating group) is 1. The fourth-order valence-electron chi connectivity index (χ4n) is 9.50. The van der Waals surface area contributed by atoms with Gasteiger partial charge in [0.15, 0.2) is 6.10 Å². The number of carbonyl (C=O) groups is 2. The van der Waals surface area contributed by atoms with E-state index >= 15 is 0 Å². The Morgan fingerprint density at radius 2 is 0.679 bits per heavy atom. The van der Waals surface area contributed by atoms with E-state index in [9.17, 15) is 19.0 Å². The largest absolute Gasteiger partial charge is 0.472 e. The Kier molecular flexibility index (Phi) is 61.6. The molecule has 2 unspecified atom stereocenters. The maximum atomic E-state index is 12.8. The lowest BCUT2D eigenvalue weighted by Gasteiger charge is -2.24. The summed E-state index contributed by atoms with van der Waals surface area (Å²) >= 11 is 0. The predicted octanol–water partition coefficient (Wildman–Crippen LogP) is 22.5. The highest BCUT2D eigenvalue weighted by Gasteiger charge is 2.27. The van der Waals surface area contributed by atoms with Gasteiger partial charge in [0.05, 0.1) is 27.7 Å². The van der Waals surface area contributed by atoms with Crippen molar-refractivity contribution < 1.29 is 42.1 Å². The lowest BCUT2D eigenvalue weighted by atomic mass is 10.0. The molecule has 9 nitrogen and oxygen atoms in total. The van der Waals surface area contributed by atoms with Gasteiger partial charge in [-0.1, -0.05) is 290 Å². The van der Waals surface area contributed by atoms with Crippen LogP contribution in [-0.4, -0.2) is 74.9 Å². The molecule has 10 heteroatoms. The Hall–Kier alpha value is -3.33. The highest BCUT2D eigenvalue weighted by atomic mass is 31.2. The molecule has 0 fully saturated rings. The molecule has 0 aliphatic heterocycles. The van der Waals surface area contributed by atoms with E-state index in [0.717, 1.165) is 83.5 Å². The maximum Gasteiger partial charge on any atom is 0.472 e. The zero-order valence-electron chi connectivity index (χ0n) is 55.1. The molecule has 0 saturated carbocycles. The average Bonchev–Trinajstić information content (AvgIpc) is 3.61. The summed E-state index contributed by atoms with van der Waals surface area (Å²) in [6.07, 6.45) is 90.7. The number of nitrogens with zero attached hydrogens (tertiary/aromatic N) is 1. The number of hydrogen-bond acceptors (Lipinski definition) is 7. The van der Waals surface area contributed by atoms with Crippen molar-refractivity contribution >= 4 is 19.8 Å². The number of phosphoric ester groups is 1. The molecule has 0 spiro atoms. The van der Waals surface area contributed by atoms with Crippen molar-refractivity contribution in [2.24, 2.45) is 0 Å². The van der Waals surface area contributed by atoms with E-state index in [0.29, 0.717) is 17.4 Å². The molecule has 0 aliphatic rings. The molecule has 0 amide bonds. The number of rotatable bonds is 63.